The lowest BCUT2D eigenvalue weighted by molar-refractivity contribution is 0.0697. The summed E-state index contributed by atoms with van der Waals surface area (Å²) >= 11 is 5.98. The highest BCUT2D eigenvalue weighted by molar-refractivity contribution is 6.33. The number of hydrogen-bond donors (Lipinski definition) is 2. The van der Waals surface area contributed by atoms with Crippen LogP contribution in [0.5, 0.6) is 0 Å². The van der Waals surface area contributed by atoms with Crippen molar-refractivity contribution in [2.24, 2.45) is 5.10 Å². The van der Waals surface area contributed by atoms with E-state index in [9.17, 15) is 4.79 Å². The lowest BCUT2D eigenvalue weighted by Gasteiger charge is -2.01. The van der Waals surface area contributed by atoms with Crippen LogP contribution in [0.3, 0.4) is 0 Å². The summed E-state index contributed by atoms with van der Waals surface area (Å²) in [6, 6.07) is 13.7. The minimum absolute atomic E-state index is 0.206. The summed E-state index contributed by atoms with van der Waals surface area (Å²) in [6.45, 7) is 0. The molecular weight excluding hydrogens is 264 g/mol. The molecule has 5 heteroatoms. The molecule has 0 amide bonds. The molecule has 0 saturated heterocycles. The van der Waals surface area contributed by atoms with Gasteiger partial charge in [-0.05, 0) is 24.3 Å². The summed E-state index contributed by atoms with van der Waals surface area (Å²) in [5.41, 5.74) is 4.35. The maximum Gasteiger partial charge on any atom is 0.335 e. The number of rotatable bonds is 4. The van der Waals surface area contributed by atoms with Gasteiger partial charge in [-0.15, -0.1) is 0 Å². The first kappa shape index (κ1) is 13.1. The predicted octanol–water partition coefficient (Wildman–Crippen LogP) is 3.48. The van der Waals surface area contributed by atoms with Crippen molar-refractivity contribution < 1.29 is 9.90 Å². The Bertz CT molecular complexity index is 626. The van der Waals surface area contributed by atoms with Crippen molar-refractivity contribution in [1.29, 1.82) is 0 Å². The molecule has 19 heavy (non-hydrogen) atoms. The Morgan fingerprint density at radius 3 is 2.74 bits per heavy atom. The van der Waals surface area contributed by atoms with E-state index in [4.69, 9.17) is 16.7 Å². The fourth-order valence-corrected chi connectivity index (χ4v) is 1.66. The minimum Gasteiger partial charge on any atom is -0.478 e. The fraction of sp³-hybridized carbons (Fsp3) is 0. The van der Waals surface area contributed by atoms with Crippen LogP contribution in [0.15, 0.2) is 53.6 Å². The summed E-state index contributed by atoms with van der Waals surface area (Å²) in [5, 5.41) is 13.5. The topological polar surface area (TPSA) is 61.7 Å². The molecule has 0 unspecified atom stereocenters. The maximum absolute atomic E-state index is 10.8. The summed E-state index contributed by atoms with van der Waals surface area (Å²) in [4.78, 5) is 10.8. The molecule has 2 N–H and O–H groups in total. The zero-order chi connectivity index (χ0) is 13.7. The molecule has 2 rings (SSSR count). The van der Waals surface area contributed by atoms with Crippen LogP contribution < -0.4 is 5.43 Å². The van der Waals surface area contributed by atoms with Crippen molar-refractivity contribution >= 4 is 29.5 Å². The molecule has 2 aromatic carbocycles. The first-order valence-electron chi connectivity index (χ1n) is 5.54. The summed E-state index contributed by atoms with van der Waals surface area (Å²) in [5.74, 6) is -0.973. The van der Waals surface area contributed by atoms with Crippen molar-refractivity contribution in [3.8, 4) is 0 Å². The zero-order valence-corrected chi connectivity index (χ0v) is 10.6. The number of benzene rings is 2. The molecule has 0 atom stereocenters. The molecule has 0 aliphatic rings. The molecule has 0 bridgehead atoms. The van der Waals surface area contributed by atoms with E-state index < -0.39 is 5.97 Å². The number of aromatic carboxylic acids is 1. The third-order valence-electron chi connectivity index (χ3n) is 2.41. The molecule has 0 fully saturated rings. The zero-order valence-electron chi connectivity index (χ0n) is 9.88. The highest BCUT2D eigenvalue weighted by Crippen LogP contribution is 2.13. The standard InChI is InChI=1S/C14H11ClN2O2/c15-13-7-2-1-4-11(13)9-16-17-12-6-3-5-10(8-12)14(18)19/h1-9,17H,(H,18,19). The van der Waals surface area contributed by atoms with Crippen LogP contribution in [0, 0.1) is 0 Å². The number of nitrogens with one attached hydrogen (secondary N) is 1. The highest BCUT2D eigenvalue weighted by atomic mass is 35.5. The molecule has 0 spiro atoms. The molecule has 96 valence electrons. The van der Waals surface area contributed by atoms with E-state index >= 15 is 0 Å². The van der Waals surface area contributed by atoms with Gasteiger partial charge in [-0.25, -0.2) is 4.79 Å². The number of carbonyl (C=O) groups is 1. The van der Waals surface area contributed by atoms with Gasteiger partial charge in [0.05, 0.1) is 17.5 Å². The molecular formula is C14H11ClN2O2. The predicted molar refractivity (Wildman–Crippen MR) is 76.1 cm³/mol. The minimum atomic E-state index is -0.973. The van der Waals surface area contributed by atoms with Gasteiger partial charge in [-0.1, -0.05) is 35.9 Å². The molecule has 0 aliphatic carbocycles. The highest BCUT2D eigenvalue weighted by Gasteiger charge is 2.02. The van der Waals surface area contributed by atoms with Crippen LogP contribution in [0.4, 0.5) is 5.69 Å². The van der Waals surface area contributed by atoms with E-state index in [0.717, 1.165) is 5.56 Å². The van der Waals surface area contributed by atoms with Crippen molar-refractivity contribution in [2.75, 3.05) is 5.43 Å². The number of hydrogen-bond acceptors (Lipinski definition) is 3. The molecule has 0 heterocycles. The second-order valence-corrected chi connectivity index (χ2v) is 4.18. The second-order valence-electron chi connectivity index (χ2n) is 3.78. The normalized spacial score (nSPS) is 10.6. The van der Waals surface area contributed by atoms with Crippen molar-refractivity contribution in [2.45, 2.75) is 0 Å². The third kappa shape index (κ3) is 3.56. The molecule has 0 saturated carbocycles. The van der Waals surface area contributed by atoms with Crippen LogP contribution >= 0.6 is 11.6 Å². The Kier molecular flexibility index (Phi) is 4.15. The monoisotopic (exact) mass is 274 g/mol. The second kappa shape index (κ2) is 6.02. The van der Waals surface area contributed by atoms with Crippen LogP contribution in [0.1, 0.15) is 15.9 Å². The van der Waals surface area contributed by atoms with E-state index in [1.54, 1.807) is 24.4 Å². The van der Waals surface area contributed by atoms with Gasteiger partial charge in [0.1, 0.15) is 0 Å². The lowest BCUT2D eigenvalue weighted by Crippen LogP contribution is -1.97. The van der Waals surface area contributed by atoms with E-state index in [0.29, 0.717) is 10.7 Å². The third-order valence-corrected chi connectivity index (χ3v) is 2.76. The smallest absolute Gasteiger partial charge is 0.335 e. The molecule has 0 aliphatic heterocycles. The summed E-state index contributed by atoms with van der Waals surface area (Å²) in [7, 11) is 0. The lowest BCUT2D eigenvalue weighted by atomic mass is 10.2. The van der Waals surface area contributed by atoms with Gasteiger partial charge < -0.3 is 5.11 Å². The van der Waals surface area contributed by atoms with E-state index in [1.165, 1.54) is 12.1 Å². The molecule has 4 nitrogen and oxygen atoms in total. The van der Waals surface area contributed by atoms with Gasteiger partial charge >= 0.3 is 5.97 Å². The van der Waals surface area contributed by atoms with Crippen molar-refractivity contribution in [1.82, 2.24) is 0 Å². The largest absolute Gasteiger partial charge is 0.478 e. The molecule has 2 aromatic rings. The van der Waals surface area contributed by atoms with Gasteiger partial charge in [-0.2, -0.15) is 5.10 Å². The maximum atomic E-state index is 10.8. The Balaban J connectivity index is 2.09. The SMILES string of the molecule is O=C(O)c1cccc(NN=Cc2ccccc2Cl)c1. The first-order valence-corrected chi connectivity index (χ1v) is 5.91. The summed E-state index contributed by atoms with van der Waals surface area (Å²) < 4.78 is 0. The number of halogens is 1. The number of carboxylic acids is 1. The Morgan fingerprint density at radius 1 is 1.21 bits per heavy atom. The van der Waals surface area contributed by atoms with Crippen LogP contribution in [-0.4, -0.2) is 17.3 Å². The first-order chi connectivity index (χ1) is 9.16. The summed E-state index contributed by atoms with van der Waals surface area (Å²) in [6.07, 6.45) is 1.58. The van der Waals surface area contributed by atoms with E-state index in [2.05, 4.69) is 10.5 Å². The van der Waals surface area contributed by atoms with Gasteiger partial charge in [0.15, 0.2) is 0 Å². The van der Waals surface area contributed by atoms with Gasteiger partial charge in [-0.3, -0.25) is 5.43 Å². The number of anilines is 1. The quantitative estimate of drug-likeness (QED) is 0.663. The van der Waals surface area contributed by atoms with Gasteiger partial charge in [0.2, 0.25) is 0 Å². The van der Waals surface area contributed by atoms with E-state index in [-0.39, 0.29) is 5.56 Å². The van der Waals surface area contributed by atoms with Gasteiger partial charge in [0.25, 0.3) is 0 Å². The Hall–Kier alpha value is -2.33. The van der Waals surface area contributed by atoms with Gasteiger partial charge in [0, 0.05) is 10.6 Å². The average Bonchev–Trinajstić information content (AvgIpc) is 2.41. The van der Waals surface area contributed by atoms with Crippen LogP contribution in [-0.2, 0) is 0 Å². The number of hydrazone groups is 1. The number of carboxylic acid groups (broad SMARTS) is 1. The molecule has 0 aromatic heterocycles. The fourth-order valence-electron chi connectivity index (χ4n) is 1.48. The Labute approximate surface area is 115 Å². The van der Waals surface area contributed by atoms with E-state index in [1.807, 2.05) is 18.2 Å². The van der Waals surface area contributed by atoms with Crippen LogP contribution in [0.25, 0.3) is 0 Å². The van der Waals surface area contributed by atoms with Crippen molar-refractivity contribution in [3.63, 3.8) is 0 Å². The van der Waals surface area contributed by atoms with Crippen LogP contribution in [0.2, 0.25) is 5.02 Å². The number of nitrogens with zero attached hydrogens (tertiary/aromatic N) is 1. The van der Waals surface area contributed by atoms with Crippen molar-refractivity contribution in [3.05, 3.63) is 64.7 Å². The average molecular weight is 275 g/mol. The molecule has 0 radical (unpaired) electrons. The Morgan fingerprint density at radius 2 is 2.00 bits per heavy atom.